The average molecular weight is 155 g/mol. The van der Waals surface area contributed by atoms with Gasteiger partial charge in [-0.15, -0.1) is 0 Å². The zero-order chi connectivity index (χ0) is 8.85. The summed E-state index contributed by atoms with van der Waals surface area (Å²) in [7, 11) is 6.36. The monoisotopic (exact) mass is 155 g/mol. The van der Waals surface area contributed by atoms with Crippen LogP contribution in [0.25, 0.3) is 0 Å². The zero-order valence-electron chi connectivity index (χ0n) is 6.33. The molecule has 0 bridgehead atoms. The van der Waals surface area contributed by atoms with Gasteiger partial charge in [0, 0.05) is 0 Å². The van der Waals surface area contributed by atoms with Crippen molar-refractivity contribution in [2.24, 2.45) is 0 Å². The summed E-state index contributed by atoms with van der Waals surface area (Å²) in [6.07, 6.45) is 0.332. The molecule has 1 unspecified atom stereocenters. The first-order valence-corrected chi connectivity index (χ1v) is 3.26. The molecule has 0 aliphatic carbocycles. The molecule has 11 heavy (non-hydrogen) atoms. The van der Waals surface area contributed by atoms with Gasteiger partial charge in [0.05, 0.1) is 5.68 Å². The third-order valence-corrected chi connectivity index (χ3v) is 1.33. The van der Waals surface area contributed by atoms with Gasteiger partial charge in [-0.1, -0.05) is 0 Å². The highest BCUT2D eigenvalue weighted by atomic mass is 16.4. The number of rotatable bonds is 5. The predicted octanol–water partition coefficient (Wildman–Crippen LogP) is -0.866. The van der Waals surface area contributed by atoms with Crippen LogP contribution in [0.15, 0.2) is 0 Å². The van der Waals surface area contributed by atoms with Crippen LogP contribution in [0, 0.1) is 0 Å². The number of hydrogen-bond donors (Lipinski definition) is 2. The fourth-order valence-electron chi connectivity index (χ4n) is 0.678. The molecule has 60 valence electrons. The Morgan fingerprint density at radius 3 is 2.45 bits per heavy atom. The Balaban J connectivity index is 3.70. The molecule has 0 saturated heterocycles. The molecule has 4 nitrogen and oxygen atoms in total. The van der Waals surface area contributed by atoms with Crippen molar-refractivity contribution >= 4 is 19.5 Å². The normalized spacial score (nSPS) is 12.5. The van der Waals surface area contributed by atoms with E-state index < -0.39 is 17.7 Å². The van der Waals surface area contributed by atoms with E-state index in [1.165, 1.54) is 7.05 Å². The lowest BCUT2D eigenvalue weighted by Crippen LogP contribution is -2.34. The van der Waals surface area contributed by atoms with Crippen LogP contribution in [0.3, 0.4) is 0 Å². The molecule has 0 rings (SSSR count). The third-order valence-electron chi connectivity index (χ3n) is 1.33. The van der Waals surface area contributed by atoms with Crippen LogP contribution in [-0.2, 0) is 9.59 Å². The topological polar surface area (TPSA) is 66.4 Å². The van der Waals surface area contributed by atoms with E-state index in [1.807, 2.05) is 0 Å². The molecule has 2 radical (unpaired) electrons. The first-order valence-electron chi connectivity index (χ1n) is 3.26. The van der Waals surface area contributed by atoms with Crippen molar-refractivity contribution in [3.05, 3.63) is 0 Å². The Morgan fingerprint density at radius 1 is 1.64 bits per heavy atom. The van der Waals surface area contributed by atoms with Gasteiger partial charge in [-0.05, 0) is 19.9 Å². The zero-order valence-corrected chi connectivity index (χ0v) is 6.33. The first kappa shape index (κ1) is 10.2. The summed E-state index contributed by atoms with van der Waals surface area (Å²) in [6, 6.07) is -0.678. The standard InChI is InChI=1S/C6H10BNO3/c1-8-4(6(10)11)2-3-5(7)9/h4,8H,2-3H2,1H3,(H,10,11). The average Bonchev–Trinajstić information content (AvgIpc) is 1.87. The van der Waals surface area contributed by atoms with Gasteiger partial charge in [-0.2, -0.15) is 0 Å². The highest BCUT2D eigenvalue weighted by molar-refractivity contribution is 6.57. The Hall–Kier alpha value is -0.835. The van der Waals surface area contributed by atoms with E-state index in [0.29, 0.717) is 0 Å². The maximum Gasteiger partial charge on any atom is 0.320 e. The summed E-state index contributed by atoms with van der Waals surface area (Å²) in [5, 5.41) is 11.0. The number of carbonyl (C=O) groups is 2. The SMILES string of the molecule is [B]C(=O)CCC(NC)C(=O)O. The van der Waals surface area contributed by atoms with Gasteiger partial charge in [0.15, 0.2) is 7.85 Å². The fourth-order valence-corrected chi connectivity index (χ4v) is 0.678. The van der Waals surface area contributed by atoms with Crippen molar-refractivity contribution in [3.63, 3.8) is 0 Å². The second-order valence-corrected chi connectivity index (χ2v) is 2.18. The van der Waals surface area contributed by atoms with Crippen LogP contribution < -0.4 is 5.32 Å². The molecule has 5 heteroatoms. The van der Waals surface area contributed by atoms with Crippen molar-refractivity contribution in [3.8, 4) is 0 Å². The second kappa shape index (κ2) is 4.90. The molecule has 0 aromatic heterocycles. The molecule has 0 aromatic carbocycles. The third kappa shape index (κ3) is 4.55. The lowest BCUT2D eigenvalue weighted by molar-refractivity contribution is -0.139. The van der Waals surface area contributed by atoms with Crippen molar-refractivity contribution in [2.45, 2.75) is 18.9 Å². The fraction of sp³-hybridized carbons (Fsp3) is 0.667. The molecule has 0 saturated carbocycles. The van der Waals surface area contributed by atoms with E-state index in [2.05, 4.69) is 5.32 Å². The van der Waals surface area contributed by atoms with E-state index in [9.17, 15) is 9.59 Å². The molecule has 0 spiro atoms. The summed E-state index contributed by atoms with van der Waals surface area (Å²) >= 11 is 0. The van der Waals surface area contributed by atoms with E-state index in [0.717, 1.165) is 0 Å². The first-order chi connectivity index (χ1) is 5.07. The van der Waals surface area contributed by atoms with E-state index >= 15 is 0 Å². The Bertz CT molecular complexity index is 160. The molecule has 0 aliphatic heterocycles. The van der Waals surface area contributed by atoms with Gasteiger partial charge >= 0.3 is 5.97 Å². The van der Waals surface area contributed by atoms with Crippen LogP contribution >= 0.6 is 0 Å². The Labute approximate surface area is 66.4 Å². The molecule has 2 N–H and O–H groups in total. The lowest BCUT2D eigenvalue weighted by atomic mass is 9.96. The van der Waals surface area contributed by atoms with Crippen LogP contribution in [0.2, 0.25) is 0 Å². The number of carboxylic acid groups (broad SMARTS) is 1. The maximum absolute atomic E-state index is 10.3. The van der Waals surface area contributed by atoms with E-state index in [-0.39, 0.29) is 12.8 Å². The molecule has 0 aliphatic rings. The number of aliphatic carboxylic acids is 1. The Morgan fingerprint density at radius 2 is 2.18 bits per heavy atom. The minimum atomic E-state index is -0.964. The summed E-state index contributed by atoms with van der Waals surface area (Å²) in [6.45, 7) is 0. The van der Waals surface area contributed by atoms with Crippen molar-refractivity contribution in [1.29, 1.82) is 0 Å². The van der Waals surface area contributed by atoms with Gasteiger partial charge in [0.1, 0.15) is 6.04 Å². The molecule has 0 fully saturated rings. The van der Waals surface area contributed by atoms with Crippen LogP contribution in [0.4, 0.5) is 0 Å². The molecular weight excluding hydrogens is 145 g/mol. The van der Waals surface area contributed by atoms with E-state index in [1.54, 1.807) is 0 Å². The second-order valence-electron chi connectivity index (χ2n) is 2.18. The van der Waals surface area contributed by atoms with Crippen LogP contribution in [0.1, 0.15) is 12.8 Å². The number of carboxylic acids is 1. The minimum Gasteiger partial charge on any atom is -0.480 e. The molecule has 0 heterocycles. The quantitative estimate of drug-likeness (QED) is 0.506. The lowest BCUT2D eigenvalue weighted by Gasteiger charge is -2.08. The van der Waals surface area contributed by atoms with Crippen LogP contribution in [0.5, 0.6) is 0 Å². The molecule has 1 atom stereocenters. The van der Waals surface area contributed by atoms with Gasteiger partial charge in [0.2, 0.25) is 0 Å². The van der Waals surface area contributed by atoms with Gasteiger partial charge in [0.25, 0.3) is 0 Å². The summed E-state index contributed by atoms with van der Waals surface area (Å²) in [5.41, 5.74) is -0.480. The summed E-state index contributed by atoms with van der Waals surface area (Å²) in [4.78, 5) is 20.6. The van der Waals surface area contributed by atoms with E-state index in [4.69, 9.17) is 13.0 Å². The molecular formula is C6H10BNO3. The molecule has 0 amide bonds. The Kier molecular flexibility index (Phi) is 4.53. The van der Waals surface area contributed by atoms with Crippen molar-refractivity contribution in [2.75, 3.05) is 7.05 Å². The van der Waals surface area contributed by atoms with Crippen molar-refractivity contribution < 1.29 is 14.7 Å². The number of carbonyl (C=O) groups excluding carboxylic acids is 1. The smallest absolute Gasteiger partial charge is 0.320 e. The highest BCUT2D eigenvalue weighted by Gasteiger charge is 2.14. The number of hydrogen-bond acceptors (Lipinski definition) is 3. The number of likely N-dealkylation sites (N-methyl/N-ethyl adjacent to an activating group) is 1. The minimum absolute atomic E-state index is 0.0950. The summed E-state index contributed by atoms with van der Waals surface area (Å²) in [5.74, 6) is -0.964. The maximum atomic E-state index is 10.3. The number of nitrogens with one attached hydrogen (secondary N) is 1. The van der Waals surface area contributed by atoms with Crippen LogP contribution in [-0.4, -0.2) is 37.7 Å². The highest BCUT2D eigenvalue weighted by Crippen LogP contribution is 1.96. The van der Waals surface area contributed by atoms with Gasteiger partial charge < -0.3 is 15.2 Å². The predicted molar refractivity (Wildman–Crippen MR) is 40.5 cm³/mol. The van der Waals surface area contributed by atoms with Crippen molar-refractivity contribution in [1.82, 2.24) is 5.32 Å². The van der Waals surface area contributed by atoms with Gasteiger partial charge in [-0.3, -0.25) is 4.79 Å². The summed E-state index contributed by atoms with van der Waals surface area (Å²) < 4.78 is 0. The van der Waals surface area contributed by atoms with Gasteiger partial charge in [-0.25, -0.2) is 0 Å². The molecule has 0 aromatic rings. The largest absolute Gasteiger partial charge is 0.480 e.